The molecule has 0 saturated heterocycles. The van der Waals surface area contributed by atoms with Crippen molar-refractivity contribution < 1.29 is 19.0 Å². The van der Waals surface area contributed by atoms with Crippen LogP contribution in [0.1, 0.15) is 24.2 Å². The number of para-hydroxylation sites is 1. The summed E-state index contributed by atoms with van der Waals surface area (Å²) in [6, 6.07) is 14.7. The molecule has 0 amide bonds. The van der Waals surface area contributed by atoms with Gasteiger partial charge in [-0.05, 0) is 60.1 Å². The van der Waals surface area contributed by atoms with Crippen LogP contribution >= 0.6 is 15.9 Å². The van der Waals surface area contributed by atoms with E-state index in [2.05, 4.69) is 15.9 Å². The first-order valence-corrected chi connectivity index (χ1v) is 8.16. The average molecular weight is 379 g/mol. The van der Waals surface area contributed by atoms with Gasteiger partial charge in [0.1, 0.15) is 24.7 Å². The number of esters is 1. The van der Waals surface area contributed by atoms with E-state index in [9.17, 15) is 4.79 Å². The number of halogens is 1. The molecule has 122 valence electrons. The third kappa shape index (κ3) is 5.60. The minimum Gasteiger partial charge on any atom is -0.490 e. The second-order valence-electron chi connectivity index (χ2n) is 5.11. The Kier molecular flexibility index (Phi) is 6.47. The van der Waals surface area contributed by atoms with Crippen LogP contribution < -0.4 is 9.47 Å². The summed E-state index contributed by atoms with van der Waals surface area (Å²) >= 11 is 3.41. The number of ether oxygens (including phenoxy) is 3. The molecule has 23 heavy (non-hydrogen) atoms. The van der Waals surface area contributed by atoms with E-state index >= 15 is 0 Å². The van der Waals surface area contributed by atoms with Crippen molar-refractivity contribution in [2.24, 2.45) is 0 Å². The van der Waals surface area contributed by atoms with Gasteiger partial charge in [-0.15, -0.1) is 0 Å². The molecule has 0 spiro atoms. The Morgan fingerprint density at radius 1 is 1.04 bits per heavy atom. The molecule has 0 aliphatic carbocycles. The molecule has 0 aliphatic rings. The van der Waals surface area contributed by atoms with E-state index < -0.39 is 0 Å². The van der Waals surface area contributed by atoms with Crippen molar-refractivity contribution >= 4 is 21.9 Å². The highest BCUT2D eigenvalue weighted by Crippen LogP contribution is 2.26. The van der Waals surface area contributed by atoms with E-state index in [0.717, 1.165) is 5.75 Å². The predicted molar refractivity (Wildman–Crippen MR) is 92.1 cm³/mol. The van der Waals surface area contributed by atoms with Gasteiger partial charge in [0.05, 0.1) is 16.1 Å². The predicted octanol–water partition coefficient (Wildman–Crippen LogP) is 4.47. The van der Waals surface area contributed by atoms with Gasteiger partial charge in [-0.25, -0.2) is 4.79 Å². The van der Waals surface area contributed by atoms with Gasteiger partial charge in [-0.1, -0.05) is 18.2 Å². The summed E-state index contributed by atoms with van der Waals surface area (Å²) in [5.41, 5.74) is 0.485. The summed E-state index contributed by atoms with van der Waals surface area (Å²) < 4.78 is 17.1. The lowest BCUT2D eigenvalue weighted by Gasteiger charge is -2.11. The van der Waals surface area contributed by atoms with Crippen molar-refractivity contribution in [3.63, 3.8) is 0 Å². The summed E-state index contributed by atoms with van der Waals surface area (Å²) in [5.74, 6) is 1.12. The molecule has 2 aromatic carbocycles. The Hall–Kier alpha value is -2.01. The van der Waals surface area contributed by atoms with Crippen LogP contribution in [0.25, 0.3) is 0 Å². The first kappa shape index (κ1) is 17.3. The molecular weight excluding hydrogens is 360 g/mol. The Balaban J connectivity index is 1.85. The number of carbonyl (C=O) groups excluding carboxylic acids is 1. The van der Waals surface area contributed by atoms with Gasteiger partial charge in [0, 0.05) is 0 Å². The smallest absolute Gasteiger partial charge is 0.338 e. The maximum Gasteiger partial charge on any atom is 0.338 e. The zero-order valence-electron chi connectivity index (χ0n) is 13.1. The highest BCUT2D eigenvalue weighted by atomic mass is 79.9. The number of rotatable bonds is 7. The molecule has 0 unspecified atom stereocenters. The minimum atomic E-state index is -0.348. The molecule has 4 nitrogen and oxygen atoms in total. The molecule has 0 heterocycles. The lowest BCUT2D eigenvalue weighted by Crippen LogP contribution is -2.12. The number of benzene rings is 2. The summed E-state index contributed by atoms with van der Waals surface area (Å²) in [7, 11) is 0. The fourth-order valence-corrected chi connectivity index (χ4v) is 2.35. The zero-order chi connectivity index (χ0) is 16.7. The standard InChI is InChI=1S/C18H19BrO4/c1-13(2)23-18(20)14-8-9-17(16(19)12-14)22-11-10-21-15-6-4-3-5-7-15/h3-9,12-13H,10-11H2,1-2H3. The molecule has 0 aliphatic heterocycles. The Labute approximate surface area is 144 Å². The average Bonchev–Trinajstić information content (AvgIpc) is 2.53. The molecule has 2 rings (SSSR count). The minimum absolute atomic E-state index is 0.146. The van der Waals surface area contributed by atoms with Crippen molar-refractivity contribution in [2.45, 2.75) is 20.0 Å². The van der Waals surface area contributed by atoms with Gasteiger partial charge < -0.3 is 14.2 Å². The van der Waals surface area contributed by atoms with Crippen molar-refractivity contribution in [1.82, 2.24) is 0 Å². The van der Waals surface area contributed by atoms with Crippen LogP contribution in [0.3, 0.4) is 0 Å². The highest BCUT2D eigenvalue weighted by Gasteiger charge is 2.11. The lowest BCUT2D eigenvalue weighted by atomic mass is 10.2. The van der Waals surface area contributed by atoms with Gasteiger partial charge in [0.25, 0.3) is 0 Å². The molecule has 0 N–H and O–H groups in total. The number of hydrogen-bond donors (Lipinski definition) is 0. The molecule has 0 atom stereocenters. The van der Waals surface area contributed by atoms with Gasteiger partial charge in [-0.2, -0.15) is 0 Å². The first-order valence-electron chi connectivity index (χ1n) is 7.37. The van der Waals surface area contributed by atoms with E-state index in [0.29, 0.717) is 29.0 Å². The lowest BCUT2D eigenvalue weighted by molar-refractivity contribution is 0.0378. The molecule has 0 bridgehead atoms. The van der Waals surface area contributed by atoms with E-state index in [1.54, 1.807) is 18.2 Å². The Morgan fingerprint density at radius 3 is 2.39 bits per heavy atom. The number of carbonyl (C=O) groups is 1. The van der Waals surface area contributed by atoms with Crippen LogP contribution in [0, 0.1) is 0 Å². The fourth-order valence-electron chi connectivity index (χ4n) is 1.85. The van der Waals surface area contributed by atoms with Crippen LogP contribution in [-0.4, -0.2) is 25.3 Å². The highest BCUT2D eigenvalue weighted by molar-refractivity contribution is 9.10. The molecule has 0 radical (unpaired) electrons. The van der Waals surface area contributed by atoms with Gasteiger partial charge in [0.15, 0.2) is 0 Å². The van der Waals surface area contributed by atoms with Crippen molar-refractivity contribution in [2.75, 3.05) is 13.2 Å². The van der Waals surface area contributed by atoms with Crippen LogP contribution in [0.15, 0.2) is 53.0 Å². The molecule has 0 saturated carbocycles. The third-order valence-electron chi connectivity index (χ3n) is 2.86. The molecule has 5 heteroatoms. The molecular formula is C18H19BrO4. The van der Waals surface area contributed by atoms with E-state index in [1.165, 1.54) is 0 Å². The topological polar surface area (TPSA) is 44.8 Å². The summed E-state index contributed by atoms with van der Waals surface area (Å²) in [6.07, 6.45) is -0.146. The van der Waals surface area contributed by atoms with Gasteiger partial charge in [0.2, 0.25) is 0 Å². The maximum atomic E-state index is 11.8. The summed E-state index contributed by atoms with van der Waals surface area (Å²) in [6.45, 7) is 4.48. The SMILES string of the molecule is CC(C)OC(=O)c1ccc(OCCOc2ccccc2)c(Br)c1. The zero-order valence-corrected chi connectivity index (χ0v) is 14.7. The Morgan fingerprint density at radius 2 is 1.74 bits per heavy atom. The molecule has 0 fully saturated rings. The van der Waals surface area contributed by atoms with Crippen molar-refractivity contribution in [3.05, 3.63) is 58.6 Å². The second-order valence-corrected chi connectivity index (χ2v) is 5.96. The van der Waals surface area contributed by atoms with E-state index in [1.807, 2.05) is 44.2 Å². The largest absolute Gasteiger partial charge is 0.490 e. The Bertz CT molecular complexity index is 641. The van der Waals surface area contributed by atoms with Crippen LogP contribution in [-0.2, 0) is 4.74 Å². The summed E-state index contributed by atoms with van der Waals surface area (Å²) in [4.78, 5) is 11.8. The molecule has 0 aromatic heterocycles. The van der Waals surface area contributed by atoms with E-state index in [4.69, 9.17) is 14.2 Å². The monoisotopic (exact) mass is 378 g/mol. The van der Waals surface area contributed by atoms with Gasteiger partial charge in [-0.3, -0.25) is 0 Å². The maximum absolute atomic E-state index is 11.8. The van der Waals surface area contributed by atoms with Crippen LogP contribution in [0.5, 0.6) is 11.5 Å². The second kappa shape index (κ2) is 8.58. The quantitative estimate of drug-likeness (QED) is 0.526. The first-order chi connectivity index (χ1) is 11.1. The molecule has 2 aromatic rings. The van der Waals surface area contributed by atoms with Gasteiger partial charge >= 0.3 is 5.97 Å². The van der Waals surface area contributed by atoms with Crippen molar-refractivity contribution in [1.29, 1.82) is 0 Å². The third-order valence-corrected chi connectivity index (χ3v) is 3.48. The number of hydrogen-bond acceptors (Lipinski definition) is 4. The summed E-state index contributed by atoms with van der Waals surface area (Å²) in [5, 5.41) is 0. The normalized spacial score (nSPS) is 10.4. The van der Waals surface area contributed by atoms with Crippen LogP contribution in [0.4, 0.5) is 0 Å². The van der Waals surface area contributed by atoms with E-state index in [-0.39, 0.29) is 12.1 Å². The van der Waals surface area contributed by atoms with Crippen molar-refractivity contribution in [3.8, 4) is 11.5 Å². The van der Waals surface area contributed by atoms with Crippen LogP contribution in [0.2, 0.25) is 0 Å². The fraction of sp³-hybridized carbons (Fsp3) is 0.278.